The molecule has 0 rings (SSSR count). The molecular weight excluding hydrogens is 248 g/mol. The van der Waals surface area contributed by atoms with Crippen molar-refractivity contribution >= 4 is 0 Å². The molecule has 0 aliphatic heterocycles. The number of nitrogens with one attached hydrogen (secondary N) is 2. The maximum Gasteiger partial charge on any atom is 6.00 e. The van der Waals surface area contributed by atoms with E-state index in [-0.39, 0.29) is 54.6 Å². The fraction of sp³-hybridized carbons (Fsp3) is 1.00. The molecule has 0 spiro atoms. The van der Waals surface area contributed by atoms with Gasteiger partial charge < -0.3 is 54.0 Å². The van der Waals surface area contributed by atoms with Crippen LogP contribution >= 0.6 is 0 Å². The Bertz CT molecular complexity index is 39.8. The summed E-state index contributed by atoms with van der Waals surface area (Å²) in [5, 5.41) is 3.83. The van der Waals surface area contributed by atoms with Gasteiger partial charge in [-0.2, -0.15) is 26.2 Å². The summed E-state index contributed by atoms with van der Waals surface area (Å²) < 4.78 is 0. The number of hydrogen-bond donors (Lipinski definition) is 0. The Morgan fingerprint density at radius 1 is 0.818 bits per heavy atom. The van der Waals surface area contributed by atoms with Crippen LogP contribution in [0.25, 0.3) is 16.8 Å². The minimum atomic E-state index is 0. The van der Waals surface area contributed by atoms with E-state index in [1.54, 1.807) is 0 Å². The Balaban J connectivity index is -0.0000000300. The second-order valence-electron chi connectivity index (χ2n) is 1.17. The van der Waals surface area contributed by atoms with Gasteiger partial charge in [-0.1, -0.05) is 0 Å². The van der Waals surface area contributed by atoms with Gasteiger partial charge in [-0.15, -0.1) is 0 Å². The molecule has 0 radical (unpaired) electrons. The molecule has 7 heteroatoms. The molecule has 0 unspecified atom stereocenters. The van der Waals surface area contributed by atoms with Gasteiger partial charge in [-0.05, 0) is 0 Å². The molecule has 11 heavy (non-hydrogen) atoms. The van der Waals surface area contributed by atoms with E-state index in [0.29, 0.717) is 26.2 Å². The smallest absolute Gasteiger partial charge is 1.00 e. The van der Waals surface area contributed by atoms with Gasteiger partial charge in [0.15, 0.2) is 0 Å². The second kappa shape index (κ2) is 30.2. The Morgan fingerprint density at radius 3 is 1.27 bits per heavy atom. The van der Waals surface area contributed by atoms with Gasteiger partial charge in [0, 0.05) is 0 Å². The summed E-state index contributed by atoms with van der Waals surface area (Å²) in [4.78, 5) is 0. The maximum absolute atomic E-state index is 6.63. The Labute approximate surface area is 97.4 Å². The van der Waals surface area contributed by atoms with Gasteiger partial charge in [0.1, 0.15) is 0 Å². The normalized spacial score (nSPS) is 6.00. The van der Waals surface area contributed by atoms with Crippen LogP contribution in [0.5, 0.6) is 0 Å². The van der Waals surface area contributed by atoms with Crippen molar-refractivity contribution < 1.29 is 54.6 Å². The number of halogens is 3. The summed E-state index contributed by atoms with van der Waals surface area (Å²) in [7, 11) is 0. The van der Waals surface area contributed by atoms with Crippen molar-refractivity contribution in [1.82, 2.24) is 0 Å². The van der Waals surface area contributed by atoms with Crippen molar-refractivity contribution in [2.45, 2.75) is 0 Å². The van der Waals surface area contributed by atoms with Crippen molar-refractivity contribution in [1.29, 1.82) is 0 Å². The zero-order chi connectivity index (χ0) is 5.54. The van der Waals surface area contributed by atoms with E-state index in [9.17, 15) is 0 Å². The molecule has 2 N–H and O–H groups in total. The third-order valence-electron chi connectivity index (χ3n) is 0.540. The number of rotatable bonds is 4. The molecule has 0 aliphatic rings. The fourth-order valence-corrected chi connectivity index (χ4v) is 0.270. The average Bonchev–Trinajstić information content (AvgIpc) is 1.69. The van der Waals surface area contributed by atoms with Crippen LogP contribution in [0, 0.1) is 0 Å². The van der Waals surface area contributed by atoms with Crippen molar-refractivity contribution in [3.63, 3.8) is 0 Å². The molecule has 0 heterocycles. The molecule has 0 amide bonds. The third-order valence-corrected chi connectivity index (χ3v) is 0.540. The fourth-order valence-electron chi connectivity index (χ4n) is 0.270. The van der Waals surface area contributed by atoms with E-state index in [1.165, 1.54) is 0 Å². The minimum Gasteiger partial charge on any atom is -1.00 e. The number of hydrogen-bond acceptors (Lipinski definition) is 0. The van der Waals surface area contributed by atoms with E-state index in [4.69, 9.17) is 11.5 Å². The van der Waals surface area contributed by atoms with Crippen LogP contribution in [-0.4, -0.2) is 26.2 Å². The average molecular weight is 258 g/mol. The molecule has 3 nitrogen and oxygen atoms in total. The van der Waals surface area contributed by atoms with E-state index >= 15 is 0 Å². The van der Waals surface area contributed by atoms with Gasteiger partial charge in [-0.3, -0.25) is 0 Å². The molecular formula is C4H10Cl3CrN3. The van der Waals surface area contributed by atoms with E-state index in [2.05, 4.69) is 5.32 Å². The monoisotopic (exact) mass is 257 g/mol. The first kappa shape index (κ1) is 29.5. The largest absolute Gasteiger partial charge is 6.00 e. The summed E-state index contributed by atoms with van der Waals surface area (Å²) in [6.07, 6.45) is 0. The molecule has 0 bridgehead atoms. The molecule has 0 saturated heterocycles. The maximum atomic E-state index is 6.63. The van der Waals surface area contributed by atoms with E-state index in [1.807, 2.05) is 0 Å². The molecule has 0 saturated carbocycles. The van der Waals surface area contributed by atoms with Gasteiger partial charge >= 0.3 is 17.4 Å². The Morgan fingerprint density at radius 2 is 1.09 bits per heavy atom. The van der Waals surface area contributed by atoms with Gasteiger partial charge in [0.05, 0.1) is 0 Å². The first-order valence-corrected chi connectivity index (χ1v) is 2.34. The second-order valence-corrected chi connectivity index (χ2v) is 1.17. The van der Waals surface area contributed by atoms with Crippen LogP contribution in [0.1, 0.15) is 0 Å². The molecule has 0 aliphatic carbocycles. The van der Waals surface area contributed by atoms with Crippen LogP contribution < -0.4 is 37.2 Å². The van der Waals surface area contributed by atoms with Crippen molar-refractivity contribution in [2.24, 2.45) is 0 Å². The summed E-state index contributed by atoms with van der Waals surface area (Å²) in [6, 6.07) is 0. The Kier molecular flexibility index (Phi) is 81.0. The predicted octanol–water partition coefficient (Wildman–Crippen LogP) is -7.53. The standard InChI is InChI=1S/C4H10N3.3ClH.Cr/c5-1-3-7-4-2-6;;;;/h5-6H,1-4H2;3*1H;/q-3;;;;+6/p-3. The molecule has 0 aromatic rings. The van der Waals surface area contributed by atoms with Crippen LogP contribution in [-0.2, 0) is 17.4 Å². The zero-order valence-electron chi connectivity index (χ0n) is 5.82. The van der Waals surface area contributed by atoms with Crippen LogP contribution in [0.3, 0.4) is 0 Å². The van der Waals surface area contributed by atoms with Crippen molar-refractivity contribution in [2.75, 3.05) is 26.2 Å². The third kappa shape index (κ3) is 34.8. The van der Waals surface area contributed by atoms with Crippen LogP contribution in [0.2, 0.25) is 0 Å². The minimum absolute atomic E-state index is 0. The summed E-state index contributed by atoms with van der Waals surface area (Å²) >= 11 is 0. The molecule has 68 valence electrons. The quantitative estimate of drug-likeness (QED) is 0.450. The number of nitrogens with zero attached hydrogens (tertiary/aromatic N) is 1. The van der Waals surface area contributed by atoms with E-state index < -0.39 is 0 Å². The first-order valence-electron chi connectivity index (χ1n) is 2.34. The van der Waals surface area contributed by atoms with Crippen LogP contribution in [0.4, 0.5) is 0 Å². The zero-order valence-corrected chi connectivity index (χ0v) is 9.36. The molecule has 0 atom stereocenters. The molecule has 0 aromatic carbocycles. The first-order chi connectivity index (χ1) is 3.41. The molecule has 0 aromatic heterocycles. The van der Waals surface area contributed by atoms with Gasteiger partial charge in [0.25, 0.3) is 0 Å². The van der Waals surface area contributed by atoms with Crippen LogP contribution in [0.15, 0.2) is 0 Å². The van der Waals surface area contributed by atoms with E-state index in [0.717, 1.165) is 0 Å². The predicted molar refractivity (Wildman–Crippen MR) is 31.5 cm³/mol. The Hall–Kier alpha value is 1.28. The summed E-state index contributed by atoms with van der Waals surface area (Å²) in [5.74, 6) is 0. The summed E-state index contributed by atoms with van der Waals surface area (Å²) in [6.45, 7) is 1.91. The van der Waals surface area contributed by atoms with Crippen molar-refractivity contribution in [3.8, 4) is 0 Å². The van der Waals surface area contributed by atoms with Gasteiger partial charge in [0.2, 0.25) is 0 Å². The topological polar surface area (TPSA) is 61.7 Å². The molecule has 0 fully saturated rings. The SMILES string of the molecule is [Cl-].[Cl-].[Cl-].[Cr+6].[NH-]CC[N-]CC[NH-]. The van der Waals surface area contributed by atoms with Gasteiger partial charge in [-0.25, -0.2) is 0 Å². The van der Waals surface area contributed by atoms with Crippen molar-refractivity contribution in [3.05, 3.63) is 16.8 Å². The summed E-state index contributed by atoms with van der Waals surface area (Å²) in [5.41, 5.74) is 13.3.